The van der Waals surface area contributed by atoms with E-state index in [1.807, 2.05) is 18.2 Å². The van der Waals surface area contributed by atoms with Gasteiger partial charge in [-0.05, 0) is 17.7 Å². The Bertz CT molecular complexity index is 747. The van der Waals surface area contributed by atoms with Crippen LogP contribution in [-0.4, -0.2) is 16.7 Å². The van der Waals surface area contributed by atoms with Crippen molar-refractivity contribution in [3.63, 3.8) is 0 Å². The van der Waals surface area contributed by atoms with E-state index in [-0.39, 0.29) is 11.7 Å². The average Bonchev–Trinajstić information content (AvgIpc) is 2.77. The molecule has 2 aromatic carbocycles. The number of alkyl halides is 2. The first-order valence-corrected chi connectivity index (χ1v) is 7.62. The lowest BCUT2D eigenvalue weighted by atomic mass is 9.99. The number of carbonyl (C=O) groups is 2. The molecule has 1 amide bonds. The van der Waals surface area contributed by atoms with Gasteiger partial charge in [0.25, 0.3) is 0 Å². The molecule has 1 aliphatic heterocycles. The Labute approximate surface area is 138 Å². The van der Waals surface area contributed by atoms with E-state index >= 15 is 0 Å². The lowest BCUT2D eigenvalue weighted by Crippen LogP contribution is -2.51. The number of carbonyl (C=O) groups excluding carboxylic acids is 2. The molecule has 3 rings (SSSR count). The summed E-state index contributed by atoms with van der Waals surface area (Å²) in [4.78, 5) is 24.6. The van der Waals surface area contributed by atoms with Crippen LogP contribution in [0.25, 0.3) is 0 Å². The van der Waals surface area contributed by atoms with E-state index in [1.165, 1.54) is 11.8 Å². The molecule has 0 aliphatic carbocycles. The quantitative estimate of drug-likeness (QED) is 0.611. The molecule has 1 heterocycles. The van der Waals surface area contributed by atoms with Gasteiger partial charge < -0.3 is 0 Å². The van der Waals surface area contributed by atoms with Gasteiger partial charge >= 0.3 is 0 Å². The van der Waals surface area contributed by atoms with Gasteiger partial charge in [0.2, 0.25) is 16.7 Å². The summed E-state index contributed by atoms with van der Waals surface area (Å²) in [7, 11) is 0. The van der Waals surface area contributed by atoms with Crippen LogP contribution in [0.15, 0.2) is 54.6 Å². The van der Waals surface area contributed by atoms with Gasteiger partial charge in [-0.15, -0.1) is 11.6 Å². The third-order valence-electron chi connectivity index (χ3n) is 3.78. The minimum absolute atomic E-state index is 0.324. The molecule has 1 aliphatic rings. The number of nitrogens with zero attached hydrogens (tertiary/aromatic N) is 1. The second-order valence-corrected chi connectivity index (χ2v) is 6.16. The van der Waals surface area contributed by atoms with Crippen LogP contribution in [0.4, 0.5) is 5.69 Å². The Morgan fingerprint density at radius 1 is 1.09 bits per heavy atom. The van der Waals surface area contributed by atoms with E-state index in [0.717, 1.165) is 0 Å². The number of anilines is 1. The van der Waals surface area contributed by atoms with Crippen molar-refractivity contribution in [2.24, 2.45) is 0 Å². The van der Waals surface area contributed by atoms with Crippen LogP contribution >= 0.6 is 23.2 Å². The van der Waals surface area contributed by atoms with Crippen molar-refractivity contribution in [3.8, 4) is 0 Å². The Balaban J connectivity index is 2.16. The number of Topliss-reactive ketones (excluding diaryl/α,β-unsaturated/α-hetero) is 1. The average molecular weight is 334 g/mol. The maximum atomic E-state index is 12.8. The Kier molecular flexibility index (Phi) is 3.71. The number of halogens is 2. The number of benzene rings is 2. The number of rotatable bonds is 2. The zero-order valence-corrected chi connectivity index (χ0v) is 13.3. The molecule has 0 spiro atoms. The first-order valence-electron chi connectivity index (χ1n) is 6.80. The molecule has 0 fully saturated rings. The summed E-state index contributed by atoms with van der Waals surface area (Å²) in [5.74, 6) is -0.682. The van der Waals surface area contributed by atoms with Gasteiger partial charge in [0, 0.05) is 12.5 Å². The predicted octanol–water partition coefficient (Wildman–Crippen LogP) is 4.15. The van der Waals surface area contributed by atoms with E-state index in [2.05, 4.69) is 0 Å². The van der Waals surface area contributed by atoms with Crippen molar-refractivity contribution < 1.29 is 9.59 Å². The highest BCUT2D eigenvalue weighted by atomic mass is 35.5. The van der Waals surface area contributed by atoms with Crippen molar-refractivity contribution in [3.05, 3.63) is 65.7 Å². The molecular formula is C17H13Cl2NO2. The first-order chi connectivity index (χ1) is 10.5. The number of hydrogen-bond acceptors (Lipinski definition) is 2. The minimum atomic E-state index is -1.65. The molecule has 0 saturated carbocycles. The van der Waals surface area contributed by atoms with Gasteiger partial charge in [-0.25, -0.2) is 0 Å². The number of amides is 1. The molecule has 2 atom stereocenters. The molecule has 0 saturated heterocycles. The molecule has 0 aromatic heterocycles. The van der Waals surface area contributed by atoms with E-state index in [9.17, 15) is 9.59 Å². The molecule has 0 bridgehead atoms. The molecule has 0 radical (unpaired) electrons. The molecule has 112 valence electrons. The van der Waals surface area contributed by atoms with Gasteiger partial charge in [-0.3, -0.25) is 14.5 Å². The van der Waals surface area contributed by atoms with Crippen molar-refractivity contribution in [1.82, 2.24) is 0 Å². The molecule has 2 aromatic rings. The second kappa shape index (κ2) is 5.41. The Morgan fingerprint density at radius 3 is 2.32 bits per heavy atom. The SMILES string of the molecule is CC(=O)N1c2ccccc2C(=O)C1(Cl)C(Cl)c1ccccc1. The molecule has 5 heteroatoms. The normalized spacial score (nSPS) is 21.6. The topological polar surface area (TPSA) is 37.4 Å². The second-order valence-electron chi connectivity index (χ2n) is 5.15. The van der Waals surface area contributed by atoms with Crippen molar-refractivity contribution in [2.75, 3.05) is 4.90 Å². The first kappa shape index (κ1) is 15.1. The van der Waals surface area contributed by atoms with Gasteiger partial charge in [0.1, 0.15) is 5.38 Å². The zero-order valence-electron chi connectivity index (χ0n) is 11.8. The lowest BCUT2D eigenvalue weighted by Gasteiger charge is -2.34. The van der Waals surface area contributed by atoms with Crippen LogP contribution in [0.5, 0.6) is 0 Å². The maximum Gasteiger partial charge on any atom is 0.225 e. The summed E-state index contributed by atoms with van der Waals surface area (Å²) < 4.78 is 0. The number of ketones is 1. The summed E-state index contributed by atoms with van der Waals surface area (Å²) in [5.41, 5.74) is 1.59. The van der Waals surface area contributed by atoms with Crippen molar-refractivity contribution in [1.29, 1.82) is 0 Å². The highest BCUT2D eigenvalue weighted by molar-refractivity contribution is 6.48. The van der Waals surface area contributed by atoms with Crippen LogP contribution in [0.3, 0.4) is 0 Å². The van der Waals surface area contributed by atoms with Gasteiger partial charge in [-0.2, -0.15) is 0 Å². The van der Waals surface area contributed by atoms with Gasteiger partial charge in [-0.1, -0.05) is 54.1 Å². The summed E-state index contributed by atoms with van der Waals surface area (Å²) in [6.45, 7) is 1.38. The molecule has 2 unspecified atom stereocenters. The minimum Gasteiger partial charge on any atom is -0.290 e. The third kappa shape index (κ3) is 2.04. The van der Waals surface area contributed by atoms with Crippen LogP contribution in [0, 0.1) is 0 Å². The van der Waals surface area contributed by atoms with Crippen LogP contribution < -0.4 is 4.90 Å². The highest BCUT2D eigenvalue weighted by Crippen LogP contribution is 2.50. The highest BCUT2D eigenvalue weighted by Gasteiger charge is 2.56. The summed E-state index contributed by atoms with van der Waals surface area (Å²) in [5, 5.41) is -0.862. The van der Waals surface area contributed by atoms with Gasteiger partial charge in [0.15, 0.2) is 0 Å². The monoisotopic (exact) mass is 333 g/mol. The third-order valence-corrected chi connectivity index (χ3v) is 5.01. The fourth-order valence-electron chi connectivity index (χ4n) is 2.80. The van der Waals surface area contributed by atoms with E-state index in [0.29, 0.717) is 16.8 Å². The van der Waals surface area contributed by atoms with E-state index in [4.69, 9.17) is 23.2 Å². The fraction of sp³-hybridized carbons (Fsp3) is 0.176. The smallest absolute Gasteiger partial charge is 0.225 e. The molecule has 3 nitrogen and oxygen atoms in total. The molecular weight excluding hydrogens is 321 g/mol. The maximum absolute atomic E-state index is 12.8. The lowest BCUT2D eigenvalue weighted by molar-refractivity contribution is -0.117. The predicted molar refractivity (Wildman–Crippen MR) is 87.6 cm³/mol. The molecule has 22 heavy (non-hydrogen) atoms. The summed E-state index contributed by atoms with van der Waals surface area (Å²) in [6.07, 6.45) is 0. The standard InChI is InChI=1S/C17H13Cl2NO2/c1-11(21)20-14-10-6-5-9-13(14)16(22)17(20,19)15(18)12-7-3-2-4-8-12/h2-10,15H,1H3. The Morgan fingerprint density at radius 2 is 1.68 bits per heavy atom. The van der Waals surface area contributed by atoms with E-state index in [1.54, 1.807) is 36.4 Å². The van der Waals surface area contributed by atoms with E-state index < -0.39 is 10.4 Å². The van der Waals surface area contributed by atoms with Gasteiger partial charge in [0.05, 0.1) is 5.69 Å². The number of hydrogen-bond donors (Lipinski definition) is 0. The number of fused-ring (bicyclic) bond motifs is 1. The van der Waals surface area contributed by atoms with Crippen LogP contribution in [0.2, 0.25) is 0 Å². The summed E-state index contributed by atoms with van der Waals surface area (Å²) >= 11 is 13.2. The summed E-state index contributed by atoms with van der Waals surface area (Å²) in [6, 6.07) is 15.9. The number of para-hydroxylation sites is 1. The van der Waals surface area contributed by atoms with Crippen LogP contribution in [0.1, 0.15) is 28.2 Å². The zero-order chi connectivity index (χ0) is 15.9. The largest absolute Gasteiger partial charge is 0.290 e. The Hall–Kier alpha value is -1.84. The van der Waals surface area contributed by atoms with Crippen LogP contribution in [-0.2, 0) is 4.79 Å². The van der Waals surface area contributed by atoms with Crippen molar-refractivity contribution >= 4 is 40.6 Å². The van der Waals surface area contributed by atoms with Crippen molar-refractivity contribution in [2.45, 2.75) is 17.3 Å². The fourth-order valence-corrected chi connectivity index (χ4v) is 3.58. The molecule has 0 N–H and O–H groups in total.